The highest BCUT2D eigenvalue weighted by molar-refractivity contribution is 5.87. The molecule has 8 atom stereocenters. The third-order valence-corrected chi connectivity index (χ3v) is 11.1. The third-order valence-electron chi connectivity index (χ3n) is 11.1. The van der Waals surface area contributed by atoms with Gasteiger partial charge in [-0.3, -0.25) is 9.59 Å². The molecule has 198 valence electrons. The van der Waals surface area contributed by atoms with Crippen molar-refractivity contribution >= 4 is 17.7 Å². The maximum absolute atomic E-state index is 13.5. The van der Waals surface area contributed by atoms with E-state index in [2.05, 4.69) is 13.8 Å². The maximum atomic E-state index is 13.5. The van der Waals surface area contributed by atoms with Gasteiger partial charge in [-0.1, -0.05) is 34.3 Å². The molecular weight excluding hydrogens is 460 g/mol. The van der Waals surface area contributed by atoms with Crippen molar-refractivity contribution in [3.8, 4) is 0 Å². The summed E-state index contributed by atoms with van der Waals surface area (Å²) in [5.74, 6) is -0.573. The monoisotopic (exact) mass is 500 g/mol. The number of Topliss-reactive ketones (excluding diaryl/α,β-unsaturated/α-hetero) is 1. The molecule has 1 spiro atoms. The predicted octanol–water partition coefficient (Wildman–Crippen LogP) is 4.54. The maximum Gasteiger partial charge on any atom is 0.333 e. The molecule has 2 aliphatic heterocycles. The number of ketones is 1. The Morgan fingerprint density at radius 3 is 2.50 bits per heavy atom. The van der Waals surface area contributed by atoms with Gasteiger partial charge in [0.05, 0.1) is 18.8 Å². The van der Waals surface area contributed by atoms with E-state index in [9.17, 15) is 14.4 Å². The van der Waals surface area contributed by atoms with Gasteiger partial charge in [0.1, 0.15) is 5.78 Å². The Hall–Kier alpha value is -1.99. The molecular formula is C29H40O7. The molecule has 7 nitrogen and oxygen atoms in total. The number of cyclic esters (lactones) is 1. The van der Waals surface area contributed by atoms with Crippen LogP contribution in [0.1, 0.15) is 72.6 Å². The molecule has 2 heterocycles. The van der Waals surface area contributed by atoms with E-state index < -0.39 is 22.7 Å². The van der Waals surface area contributed by atoms with Crippen LogP contribution in [0.25, 0.3) is 0 Å². The fourth-order valence-electron chi connectivity index (χ4n) is 9.05. The molecule has 4 fully saturated rings. The number of methoxy groups -OCH3 is 2. The van der Waals surface area contributed by atoms with Crippen LogP contribution in [-0.2, 0) is 33.3 Å². The van der Waals surface area contributed by atoms with E-state index in [1.165, 1.54) is 7.11 Å². The Morgan fingerprint density at radius 2 is 1.83 bits per heavy atom. The van der Waals surface area contributed by atoms with Crippen LogP contribution >= 0.6 is 0 Å². The van der Waals surface area contributed by atoms with Crippen LogP contribution in [0.4, 0.5) is 0 Å². The molecule has 0 aromatic carbocycles. The number of rotatable bonds is 4. The summed E-state index contributed by atoms with van der Waals surface area (Å²) >= 11 is 0. The summed E-state index contributed by atoms with van der Waals surface area (Å²) in [4.78, 5) is 38.2. The highest BCUT2D eigenvalue weighted by atomic mass is 16.7. The first kappa shape index (κ1) is 25.7. The summed E-state index contributed by atoms with van der Waals surface area (Å²) in [6.07, 6.45) is 5.60. The van der Waals surface area contributed by atoms with Crippen LogP contribution in [-0.4, -0.2) is 49.9 Å². The van der Waals surface area contributed by atoms with Crippen molar-refractivity contribution in [3.63, 3.8) is 0 Å². The summed E-state index contributed by atoms with van der Waals surface area (Å²) < 4.78 is 23.2. The van der Waals surface area contributed by atoms with Crippen molar-refractivity contribution < 1.29 is 33.3 Å². The van der Waals surface area contributed by atoms with Gasteiger partial charge in [0.15, 0.2) is 0 Å². The summed E-state index contributed by atoms with van der Waals surface area (Å²) in [7, 11) is 2.96. The minimum atomic E-state index is -0.671. The van der Waals surface area contributed by atoms with Crippen LogP contribution in [0, 0.1) is 34.0 Å². The summed E-state index contributed by atoms with van der Waals surface area (Å²) in [5, 5.41) is 0. The van der Waals surface area contributed by atoms with Gasteiger partial charge in [-0.25, -0.2) is 4.79 Å². The minimum Gasteiger partial charge on any atom is -0.469 e. The van der Waals surface area contributed by atoms with Gasteiger partial charge in [0.2, 0.25) is 6.29 Å². The second-order valence-corrected chi connectivity index (χ2v) is 12.6. The van der Waals surface area contributed by atoms with Crippen molar-refractivity contribution in [2.45, 2.75) is 90.6 Å². The van der Waals surface area contributed by atoms with Gasteiger partial charge in [-0.15, -0.1) is 0 Å². The third kappa shape index (κ3) is 3.14. The van der Waals surface area contributed by atoms with Crippen molar-refractivity contribution in [3.05, 3.63) is 23.8 Å². The molecule has 2 bridgehead atoms. The zero-order valence-corrected chi connectivity index (χ0v) is 22.5. The first-order chi connectivity index (χ1) is 16.9. The number of fused-ring (bicyclic) bond motifs is 3. The number of hydrogen-bond acceptors (Lipinski definition) is 7. The van der Waals surface area contributed by atoms with Crippen LogP contribution in [0.2, 0.25) is 0 Å². The Balaban J connectivity index is 1.59. The summed E-state index contributed by atoms with van der Waals surface area (Å²) in [6.45, 7) is 13.1. The fraction of sp³-hybridized carbons (Fsp3) is 0.759. The highest BCUT2D eigenvalue weighted by Gasteiger charge is 2.72. The van der Waals surface area contributed by atoms with E-state index in [0.29, 0.717) is 6.42 Å². The molecule has 0 aromatic rings. The fourth-order valence-corrected chi connectivity index (χ4v) is 9.05. The molecule has 1 saturated heterocycles. The number of carbonyl (C=O) groups is 3. The van der Waals surface area contributed by atoms with E-state index >= 15 is 0 Å². The first-order valence-corrected chi connectivity index (χ1v) is 13.3. The molecule has 0 amide bonds. The molecule has 0 aromatic heterocycles. The molecule has 8 unspecified atom stereocenters. The van der Waals surface area contributed by atoms with Crippen molar-refractivity contribution in [1.82, 2.24) is 0 Å². The lowest BCUT2D eigenvalue weighted by molar-refractivity contribution is -0.284. The van der Waals surface area contributed by atoms with E-state index in [4.69, 9.17) is 25.5 Å². The normalized spacial score (nSPS) is 45.3. The lowest BCUT2D eigenvalue weighted by Gasteiger charge is -2.71. The average Bonchev–Trinajstić information content (AvgIpc) is 3.20. The predicted molar refractivity (Wildman–Crippen MR) is 132 cm³/mol. The lowest BCUT2D eigenvalue weighted by atomic mass is 9.40. The molecule has 36 heavy (non-hydrogen) atoms. The smallest absolute Gasteiger partial charge is 0.333 e. The van der Waals surface area contributed by atoms with Crippen molar-refractivity contribution in [2.24, 2.45) is 34.0 Å². The number of esters is 2. The zero-order valence-electron chi connectivity index (χ0n) is 22.5. The molecule has 5 aliphatic rings. The molecule has 0 N–H and O–H groups in total. The van der Waals surface area contributed by atoms with Gasteiger partial charge < -0.3 is 18.9 Å². The van der Waals surface area contributed by atoms with Crippen LogP contribution in [0.3, 0.4) is 0 Å². The first-order valence-electron chi connectivity index (χ1n) is 13.3. The largest absolute Gasteiger partial charge is 0.469 e. The summed E-state index contributed by atoms with van der Waals surface area (Å²) in [5.41, 5.74) is -0.0309. The Labute approximate surface area is 213 Å². The van der Waals surface area contributed by atoms with Crippen LogP contribution in [0.5, 0.6) is 0 Å². The average molecular weight is 501 g/mol. The van der Waals surface area contributed by atoms with Crippen molar-refractivity contribution in [1.29, 1.82) is 0 Å². The highest BCUT2D eigenvalue weighted by Crippen LogP contribution is 2.72. The van der Waals surface area contributed by atoms with Crippen LogP contribution < -0.4 is 0 Å². The van der Waals surface area contributed by atoms with Crippen LogP contribution in [0.15, 0.2) is 23.8 Å². The Bertz CT molecular complexity index is 1040. The zero-order chi connectivity index (χ0) is 26.3. The van der Waals surface area contributed by atoms with E-state index in [1.54, 1.807) is 13.2 Å². The van der Waals surface area contributed by atoms with Gasteiger partial charge in [0.25, 0.3) is 0 Å². The van der Waals surface area contributed by atoms with E-state index in [0.717, 1.165) is 43.3 Å². The summed E-state index contributed by atoms with van der Waals surface area (Å²) in [6, 6.07) is 0. The van der Waals surface area contributed by atoms with Gasteiger partial charge in [0, 0.05) is 47.8 Å². The second kappa shape index (κ2) is 8.26. The SMILES string of the molecule is C=C1C2CCC3(C)C(C4=CC(=O)OC4OC)CCCC13OC1CC(=O)C(C)(C)C(CC(=O)OC)C12C. The Kier molecular flexibility index (Phi) is 5.88. The topological polar surface area (TPSA) is 88.1 Å². The molecule has 3 saturated carbocycles. The number of hydrogen-bond donors (Lipinski definition) is 0. The van der Waals surface area contributed by atoms with E-state index in [-0.39, 0.29) is 53.4 Å². The van der Waals surface area contributed by atoms with Crippen molar-refractivity contribution in [2.75, 3.05) is 14.2 Å². The lowest BCUT2D eigenvalue weighted by Crippen LogP contribution is -2.72. The minimum absolute atomic E-state index is 0.0475. The van der Waals surface area contributed by atoms with E-state index in [1.807, 2.05) is 13.8 Å². The number of carbonyl (C=O) groups excluding carboxylic acids is 3. The quantitative estimate of drug-likeness (QED) is 0.414. The molecule has 7 heteroatoms. The van der Waals surface area contributed by atoms with Gasteiger partial charge in [-0.2, -0.15) is 0 Å². The molecule has 5 rings (SSSR count). The number of ether oxygens (including phenoxy) is 4. The standard InChI is InChI=1S/C29H40O7/c1-16-18-10-12-27(4)19(17-13-24(32)35-25(17)34-7)9-8-11-29(16,27)36-22-15-21(30)26(2,3)20(28(18,22)5)14-23(31)33-6/h13,18-20,22,25H,1,8-12,14-15H2,2-7H3. The van der Waals surface area contributed by atoms with Gasteiger partial charge >= 0.3 is 11.9 Å². The van der Waals surface area contributed by atoms with Gasteiger partial charge in [-0.05, 0) is 55.4 Å². The second-order valence-electron chi connectivity index (χ2n) is 12.6. The molecule has 3 aliphatic carbocycles. The Morgan fingerprint density at radius 1 is 1.11 bits per heavy atom. The molecule has 0 radical (unpaired) electrons.